The zero-order valence-electron chi connectivity index (χ0n) is 40.6. The Bertz CT molecular complexity index is 3640. The highest BCUT2D eigenvalue weighted by Crippen LogP contribution is 2.45. The number of nitrogens with zero attached hydrogens (tertiary/aromatic N) is 2. The van der Waals surface area contributed by atoms with Crippen LogP contribution in [0.25, 0.3) is 93.5 Å². The van der Waals surface area contributed by atoms with Crippen molar-refractivity contribution >= 4 is 54.1 Å². The van der Waals surface area contributed by atoms with E-state index >= 15 is 0 Å². The van der Waals surface area contributed by atoms with Gasteiger partial charge in [0.05, 0.1) is 37.3 Å². The first-order valence-electron chi connectivity index (χ1n) is 23.1. The molecule has 0 saturated carbocycles. The number of rotatable bonds is 4. The van der Waals surface area contributed by atoms with Gasteiger partial charge in [0.2, 0.25) is 0 Å². The van der Waals surface area contributed by atoms with Gasteiger partial charge in [-0.25, -0.2) is 4.98 Å². The number of hydrogen-bond acceptors (Lipinski definition) is 1. The molecule has 0 bridgehead atoms. The smallest absolute Gasteiger partial charge is 0.145 e. The summed E-state index contributed by atoms with van der Waals surface area (Å²) >= 11 is 0. The number of fused-ring (bicyclic) bond motifs is 5. The lowest BCUT2D eigenvalue weighted by atomic mass is 9.84. The second-order valence-electron chi connectivity index (χ2n) is 11.6. The molecule has 0 amide bonds. The summed E-state index contributed by atoms with van der Waals surface area (Å²) in [5.41, 5.74) is 2.62. The third-order valence-electron chi connectivity index (χ3n) is 8.94. The third kappa shape index (κ3) is 4.31. The van der Waals surface area contributed by atoms with Crippen molar-refractivity contribution in [2.24, 2.45) is 0 Å². The minimum atomic E-state index is -0.760. The Labute approximate surface area is 305 Å². The number of benzene rings is 9. The van der Waals surface area contributed by atoms with Crippen LogP contribution in [0.3, 0.4) is 0 Å². The predicted molar refractivity (Wildman–Crippen MR) is 207 cm³/mol. The second-order valence-corrected chi connectivity index (χ2v) is 11.6. The molecule has 2 nitrogen and oxygen atoms in total. The average molecular weight is 638 g/mol. The standard InChI is InChI=1S/C47H30N2/c1-3-17-35-31(13-1)15-11-23-37(35)46-40-21-7-5-19-38(40)45(39-20-6-8-22-41(39)46)33-27-29-34(30-28-33)47-48-42-24-9-10-25-44(42)49(47)43-26-12-16-32-14-2-4-18-36(32)43/h1-30H/i1D,3D,5D,6D,7D,8D,11D,13D,15D,17D,19D,20D,21D,22D,23D. The Morgan fingerprint density at radius 3 is 1.80 bits per heavy atom. The molecule has 228 valence electrons. The minimum Gasteiger partial charge on any atom is -0.292 e. The lowest BCUT2D eigenvalue weighted by Crippen LogP contribution is -1.98. The molecular weight excluding hydrogens is 593 g/mol. The van der Waals surface area contributed by atoms with E-state index < -0.39 is 107 Å². The lowest BCUT2D eigenvalue weighted by Gasteiger charge is -2.19. The van der Waals surface area contributed by atoms with Crippen molar-refractivity contribution in [3.8, 4) is 39.3 Å². The van der Waals surface area contributed by atoms with Crippen molar-refractivity contribution in [1.82, 2.24) is 9.55 Å². The summed E-state index contributed by atoms with van der Waals surface area (Å²) in [5.74, 6) is 0.585. The molecule has 0 aliphatic rings. The first kappa shape index (κ1) is 16.5. The summed E-state index contributed by atoms with van der Waals surface area (Å²) in [5, 5.41) is 0.176. The molecule has 0 radical (unpaired) electrons. The predicted octanol–water partition coefficient (Wildman–Crippen LogP) is 12.6. The fourth-order valence-electron chi connectivity index (χ4n) is 6.82. The fraction of sp³-hybridized carbons (Fsp3) is 0. The van der Waals surface area contributed by atoms with Crippen molar-refractivity contribution in [2.75, 3.05) is 0 Å². The Morgan fingerprint density at radius 1 is 0.429 bits per heavy atom. The monoisotopic (exact) mass is 637 g/mol. The quantitative estimate of drug-likeness (QED) is 0.176. The van der Waals surface area contributed by atoms with E-state index in [-0.39, 0.29) is 32.7 Å². The summed E-state index contributed by atoms with van der Waals surface area (Å²) in [4.78, 5) is 5.04. The molecule has 1 heterocycles. The van der Waals surface area contributed by atoms with Crippen molar-refractivity contribution in [3.63, 3.8) is 0 Å². The average Bonchev–Trinajstić information content (AvgIpc) is 3.70. The van der Waals surface area contributed by atoms with E-state index in [9.17, 15) is 6.85 Å². The van der Waals surface area contributed by atoms with E-state index in [2.05, 4.69) is 4.57 Å². The van der Waals surface area contributed by atoms with Gasteiger partial charge in [-0.3, -0.25) is 4.57 Å². The fourth-order valence-corrected chi connectivity index (χ4v) is 6.82. The third-order valence-corrected chi connectivity index (χ3v) is 8.94. The zero-order valence-corrected chi connectivity index (χ0v) is 25.6. The van der Waals surface area contributed by atoms with E-state index in [1.165, 1.54) is 0 Å². The second kappa shape index (κ2) is 11.0. The molecule has 10 aromatic rings. The van der Waals surface area contributed by atoms with E-state index in [0.717, 1.165) is 27.5 Å². The summed E-state index contributed by atoms with van der Waals surface area (Å²) in [6.07, 6.45) is 0. The Balaban J connectivity index is 1.36. The van der Waals surface area contributed by atoms with Crippen LogP contribution in [-0.4, -0.2) is 9.55 Å². The van der Waals surface area contributed by atoms with Crippen LogP contribution >= 0.6 is 0 Å². The molecule has 9 aromatic carbocycles. The molecule has 0 aliphatic heterocycles. The zero-order chi connectivity index (χ0) is 45.4. The van der Waals surface area contributed by atoms with Crippen LogP contribution in [0, 0.1) is 0 Å². The van der Waals surface area contributed by atoms with Gasteiger partial charge >= 0.3 is 0 Å². The Kier molecular flexibility index (Phi) is 3.73. The maximum absolute atomic E-state index is 9.40. The van der Waals surface area contributed by atoms with Gasteiger partial charge < -0.3 is 0 Å². The van der Waals surface area contributed by atoms with Gasteiger partial charge in [-0.05, 0) is 78.2 Å². The van der Waals surface area contributed by atoms with Crippen molar-refractivity contribution in [1.29, 1.82) is 0 Å². The summed E-state index contributed by atoms with van der Waals surface area (Å²) in [7, 11) is 0. The van der Waals surface area contributed by atoms with Crippen LogP contribution in [0.5, 0.6) is 0 Å². The van der Waals surface area contributed by atoms with Gasteiger partial charge in [-0.15, -0.1) is 0 Å². The number of imidazole rings is 1. The summed E-state index contributed by atoms with van der Waals surface area (Å²) in [6, 6.07) is 18.4. The van der Waals surface area contributed by atoms with Crippen LogP contribution in [0.15, 0.2) is 182 Å². The van der Waals surface area contributed by atoms with E-state index in [4.69, 9.17) is 18.7 Å². The first-order chi connectivity index (χ1) is 30.6. The molecule has 2 heteroatoms. The van der Waals surface area contributed by atoms with Crippen LogP contribution in [-0.2, 0) is 0 Å². The first-order valence-corrected chi connectivity index (χ1v) is 15.6. The van der Waals surface area contributed by atoms with Gasteiger partial charge in [0.25, 0.3) is 0 Å². The van der Waals surface area contributed by atoms with E-state index in [1.807, 2.05) is 66.7 Å². The van der Waals surface area contributed by atoms with Crippen molar-refractivity contribution in [3.05, 3.63) is 182 Å². The molecule has 0 N–H and O–H groups in total. The van der Waals surface area contributed by atoms with Crippen molar-refractivity contribution < 1.29 is 20.6 Å². The van der Waals surface area contributed by atoms with E-state index in [0.29, 0.717) is 17.0 Å². The number of para-hydroxylation sites is 2. The highest BCUT2D eigenvalue weighted by Gasteiger charge is 2.19. The molecule has 0 fully saturated rings. The Morgan fingerprint density at radius 2 is 1.02 bits per heavy atom. The number of aromatic nitrogens is 2. The van der Waals surface area contributed by atoms with Crippen LogP contribution < -0.4 is 0 Å². The largest absolute Gasteiger partial charge is 0.292 e. The number of hydrogen-bond donors (Lipinski definition) is 0. The van der Waals surface area contributed by atoms with E-state index in [1.54, 1.807) is 24.3 Å². The van der Waals surface area contributed by atoms with Gasteiger partial charge in [0.15, 0.2) is 0 Å². The normalized spacial score (nSPS) is 16.0. The molecule has 0 aliphatic carbocycles. The van der Waals surface area contributed by atoms with Gasteiger partial charge in [0.1, 0.15) is 5.82 Å². The van der Waals surface area contributed by atoms with Crippen molar-refractivity contribution in [2.45, 2.75) is 0 Å². The van der Waals surface area contributed by atoms with Crippen LogP contribution in [0.1, 0.15) is 20.6 Å². The van der Waals surface area contributed by atoms with Gasteiger partial charge in [-0.1, -0.05) is 163 Å². The molecule has 49 heavy (non-hydrogen) atoms. The molecule has 0 saturated heterocycles. The molecule has 0 unspecified atom stereocenters. The molecule has 0 atom stereocenters. The highest BCUT2D eigenvalue weighted by molar-refractivity contribution is 6.23. The lowest BCUT2D eigenvalue weighted by molar-refractivity contribution is 1.11. The molecule has 1 aromatic heterocycles. The highest BCUT2D eigenvalue weighted by atomic mass is 15.1. The summed E-state index contributed by atoms with van der Waals surface area (Å²) < 4.78 is 137. The maximum Gasteiger partial charge on any atom is 0.145 e. The molecule has 10 rings (SSSR count). The molecular formula is C47H30N2. The molecule has 0 spiro atoms. The minimum absolute atomic E-state index is 0.0165. The maximum atomic E-state index is 9.40. The van der Waals surface area contributed by atoms with Crippen LogP contribution in [0.2, 0.25) is 0 Å². The summed E-state index contributed by atoms with van der Waals surface area (Å²) in [6.45, 7) is 0. The Hall–Kier alpha value is -6.51. The topological polar surface area (TPSA) is 17.8 Å². The van der Waals surface area contributed by atoms with Crippen LogP contribution in [0.4, 0.5) is 0 Å². The van der Waals surface area contributed by atoms with Gasteiger partial charge in [0, 0.05) is 10.9 Å². The van der Waals surface area contributed by atoms with Gasteiger partial charge in [-0.2, -0.15) is 0 Å². The SMILES string of the molecule is [2H]c1c([2H])c([2H])c2c(-c3c4c([2H])c([2H])c([2H])c([2H])c4c(-c4ccc(-c5nc6ccccc6n5-c5cccc6ccccc56)cc4)c4c([2H])c([2H])c([2H])c([2H])c34)c([2H])c([2H])c([2H])c2c1[2H].